The van der Waals surface area contributed by atoms with Crippen LogP contribution in [0.25, 0.3) is 0 Å². The number of imidazole rings is 1. The van der Waals surface area contributed by atoms with Gasteiger partial charge in [-0.3, -0.25) is 4.90 Å². The number of halogens is 1. The van der Waals surface area contributed by atoms with Gasteiger partial charge >= 0.3 is 0 Å². The predicted molar refractivity (Wildman–Crippen MR) is 92.4 cm³/mol. The van der Waals surface area contributed by atoms with E-state index in [1.165, 1.54) is 16.7 Å². The largest absolute Gasteiger partial charge is 0.337 e. The van der Waals surface area contributed by atoms with Gasteiger partial charge in [-0.2, -0.15) is 0 Å². The highest BCUT2D eigenvalue weighted by Crippen LogP contribution is 2.24. The molecule has 1 saturated heterocycles. The second-order valence-electron chi connectivity index (χ2n) is 5.95. The quantitative estimate of drug-likeness (QED) is 0.943. The van der Waals surface area contributed by atoms with E-state index in [0.29, 0.717) is 6.04 Å². The predicted octanol–water partition coefficient (Wildman–Crippen LogP) is 2.61. The Bertz CT molecular complexity index is 623. The lowest BCUT2D eigenvalue weighted by atomic mass is 10.0. The maximum Gasteiger partial charge on any atom is 0.127 e. The molecule has 120 valence electrons. The Labute approximate surface area is 139 Å². The van der Waals surface area contributed by atoms with Crippen LogP contribution in [-0.2, 0) is 13.6 Å². The summed E-state index contributed by atoms with van der Waals surface area (Å²) in [5, 5.41) is 3.50. The Kier molecular flexibility index (Phi) is 5.62. The first kappa shape index (κ1) is 17.0. The van der Waals surface area contributed by atoms with Gasteiger partial charge in [0.15, 0.2) is 0 Å². The zero-order valence-corrected chi connectivity index (χ0v) is 14.4. The minimum absolute atomic E-state index is 0. The molecule has 2 aromatic rings. The molecule has 3 rings (SSSR count). The monoisotopic (exact) mass is 320 g/mol. The fourth-order valence-electron chi connectivity index (χ4n) is 3.09. The van der Waals surface area contributed by atoms with Gasteiger partial charge in [-0.15, -0.1) is 12.4 Å². The maximum atomic E-state index is 4.55. The first-order chi connectivity index (χ1) is 10.2. The molecule has 0 amide bonds. The molecule has 0 radical (unpaired) electrons. The average Bonchev–Trinajstić information content (AvgIpc) is 2.90. The van der Waals surface area contributed by atoms with Gasteiger partial charge in [0, 0.05) is 45.6 Å². The van der Waals surface area contributed by atoms with Crippen molar-refractivity contribution < 1.29 is 0 Å². The van der Waals surface area contributed by atoms with E-state index >= 15 is 0 Å². The molecule has 0 saturated carbocycles. The van der Waals surface area contributed by atoms with Crippen molar-refractivity contribution >= 4 is 12.4 Å². The third-order valence-corrected chi connectivity index (χ3v) is 4.60. The molecule has 1 aromatic carbocycles. The SMILES string of the molecule is Cc1cccc(CN2CCNCC2c2nccn2C)c1C.Cl. The van der Waals surface area contributed by atoms with Crippen LogP contribution in [0.4, 0.5) is 0 Å². The number of piperazine rings is 1. The number of hydrogen-bond donors (Lipinski definition) is 1. The lowest BCUT2D eigenvalue weighted by Crippen LogP contribution is -2.46. The Morgan fingerprint density at radius 1 is 1.32 bits per heavy atom. The van der Waals surface area contributed by atoms with Crippen molar-refractivity contribution in [3.8, 4) is 0 Å². The van der Waals surface area contributed by atoms with Crippen molar-refractivity contribution in [3.05, 3.63) is 53.1 Å². The highest BCUT2D eigenvalue weighted by molar-refractivity contribution is 5.85. The summed E-state index contributed by atoms with van der Waals surface area (Å²) >= 11 is 0. The molecular weight excluding hydrogens is 296 g/mol. The molecule has 1 atom stereocenters. The van der Waals surface area contributed by atoms with E-state index in [0.717, 1.165) is 32.0 Å². The molecule has 0 spiro atoms. The summed E-state index contributed by atoms with van der Waals surface area (Å²) in [7, 11) is 2.08. The summed E-state index contributed by atoms with van der Waals surface area (Å²) < 4.78 is 2.13. The smallest absolute Gasteiger partial charge is 0.127 e. The van der Waals surface area contributed by atoms with Crippen molar-refractivity contribution in [1.29, 1.82) is 0 Å². The lowest BCUT2D eigenvalue weighted by Gasteiger charge is -2.36. The summed E-state index contributed by atoms with van der Waals surface area (Å²) in [6, 6.07) is 6.95. The third kappa shape index (κ3) is 3.35. The molecule has 0 aliphatic carbocycles. The van der Waals surface area contributed by atoms with Gasteiger partial charge in [0.05, 0.1) is 6.04 Å². The van der Waals surface area contributed by atoms with Crippen LogP contribution in [0.15, 0.2) is 30.6 Å². The van der Waals surface area contributed by atoms with Gasteiger partial charge in [-0.25, -0.2) is 4.98 Å². The molecule has 2 heterocycles. The summed E-state index contributed by atoms with van der Waals surface area (Å²) in [4.78, 5) is 7.09. The maximum absolute atomic E-state index is 4.55. The number of hydrogen-bond acceptors (Lipinski definition) is 3. The van der Waals surface area contributed by atoms with Crippen LogP contribution < -0.4 is 5.32 Å². The van der Waals surface area contributed by atoms with E-state index in [1.807, 2.05) is 12.4 Å². The van der Waals surface area contributed by atoms with Crippen LogP contribution in [0.5, 0.6) is 0 Å². The van der Waals surface area contributed by atoms with Gasteiger partial charge in [0.25, 0.3) is 0 Å². The van der Waals surface area contributed by atoms with Crippen LogP contribution in [0.2, 0.25) is 0 Å². The van der Waals surface area contributed by atoms with E-state index in [1.54, 1.807) is 0 Å². The van der Waals surface area contributed by atoms with Crippen molar-refractivity contribution in [2.45, 2.75) is 26.4 Å². The van der Waals surface area contributed by atoms with Gasteiger partial charge in [0.1, 0.15) is 5.82 Å². The highest BCUT2D eigenvalue weighted by Gasteiger charge is 2.26. The average molecular weight is 321 g/mol. The van der Waals surface area contributed by atoms with Crippen LogP contribution in [-0.4, -0.2) is 34.1 Å². The number of benzene rings is 1. The minimum atomic E-state index is 0. The van der Waals surface area contributed by atoms with E-state index in [9.17, 15) is 0 Å². The zero-order valence-electron chi connectivity index (χ0n) is 13.5. The zero-order chi connectivity index (χ0) is 14.8. The lowest BCUT2D eigenvalue weighted by molar-refractivity contribution is 0.144. The molecule has 4 nitrogen and oxygen atoms in total. The van der Waals surface area contributed by atoms with Gasteiger partial charge in [0.2, 0.25) is 0 Å². The topological polar surface area (TPSA) is 33.1 Å². The van der Waals surface area contributed by atoms with Crippen LogP contribution in [0.3, 0.4) is 0 Å². The molecule has 0 bridgehead atoms. The third-order valence-electron chi connectivity index (χ3n) is 4.60. The van der Waals surface area contributed by atoms with Crippen molar-refractivity contribution in [2.24, 2.45) is 7.05 Å². The first-order valence-corrected chi connectivity index (χ1v) is 7.64. The summed E-state index contributed by atoms with van der Waals surface area (Å²) in [6.45, 7) is 8.48. The van der Waals surface area contributed by atoms with Gasteiger partial charge < -0.3 is 9.88 Å². The molecule has 1 aliphatic heterocycles. The normalized spacial score (nSPS) is 19.0. The molecule has 22 heavy (non-hydrogen) atoms. The molecule has 1 N–H and O–H groups in total. The van der Waals surface area contributed by atoms with Crippen LogP contribution >= 0.6 is 12.4 Å². The van der Waals surface area contributed by atoms with E-state index in [-0.39, 0.29) is 12.4 Å². The van der Waals surface area contributed by atoms with E-state index in [2.05, 4.69) is 58.9 Å². The van der Waals surface area contributed by atoms with Crippen molar-refractivity contribution in [2.75, 3.05) is 19.6 Å². The van der Waals surface area contributed by atoms with Crippen molar-refractivity contribution in [3.63, 3.8) is 0 Å². The second-order valence-corrected chi connectivity index (χ2v) is 5.95. The van der Waals surface area contributed by atoms with Gasteiger partial charge in [-0.05, 0) is 30.5 Å². The van der Waals surface area contributed by atoms with Crippen molar-refractivity contribution in [1.82, 2.24) is 19.8 Å². The number of nitrogens with zero attached hydrogens (tertiary/aromatic N) is 3. The minimum Gasteiger partial charge on any atom is -0.337 e. The molecule has 1 aromatic heterocycles. The molecule has 5 heteroatoms. The van der Waals surface area contributed by atoms with E-state index < -0.39 is 0 Å². The first-order valence-electron chi connectivity index (χ1n) is 7.64. The Hall–Kier alpha value is -1.36. The summed E-state index contributed by atoms with van der Waals surface area (Å²) in [6.07, 6.45) is 3.92. The fourth-order valence-corrected chi connectivity index (χ4v) is 3.09. The molecular formula is C17H25ClN4. The fraction of sp³-hybridized carbons (Fsp3) is 0.471. The number of nitrogens with one attached hydrogen (secondary N) is 1. The van der Waals surface area contributed by atoms with Crippen LogP contribution in [0.1, 0.15) is 28.6 Å². The summed E-state index contributed by atoms with van der Waals surface area (Å²) in [5.41, 5.74) is 4.21. The Morgan fingerprint density at radius 2 is 2.14 bits per heavy atom. The highest BCUT2D eigenvalue weighted by atomic mass is 35.5. The van der Waals surface area contributed by atoms with Crippen LogP contribution in [0, 0.1) is 13.8 Å². The summed E-state index contributed by atoms with van der Waals surface area (Å²) in [5.74, 6) is 1.15. The standard InChI is InChI=1S/C17H24N4.ClH/c1-13-5-4-6-15(14(13)2)12-21-10-7-18-11-16(21)17-19-8-9-20(17)3;/h4-6,8-9,16,18H,7,10-12H2,1-3H3;1H. The molecule has 1 aliphatic rings. The Balaban J connectivity index is 0.00000176. The van der Waals surface area contributed by atoms with E-state index in [4.69, 9.17) is 0 Å². The number of aryl methyl sites for hydroxylation is 2. The Morgan fingerprint density at radius 3 is 2.86 bits per heavy atom. The second kappa shape index (κ2) is 7.27. The number of aromatic nitrogens is 2. The molecule has 1 fully saturated rings. The van der Waals surface area contributed by atoms with Gasteiger partial charge in [-0.1, -0.05) is 18.2 Å². The number of rotatable bonds is 3. The molecule has 1 unspecified atom stereocenters.